The second-order valence-electron chi connectivity index (χ2n) is 4.54. The topological polar surface area (TPSA) is 76.7 Å². The number of amides is 2. The van der Waals surface area contributed by atoms with Crippen LogP contribution in [0.15, 0.2) is 18.2 Å². The Balaban J connectivity index is 2.04. The summed E-state index contributed by atoms with van der Waals surface area (Å²) in [7, 11) is 3.16. The Morgan fingerprint density at radius 2 is 2.10 bits per heavy atom. The van der Waals surface area contributed by atoms with Gasteiger partial charge < -0.3 is 14.8 Å². The van der Waals surface area contributed by atoms with Crippen LogP contribution in [-0.4, -0.2) is 32.1 Å². The van der Waals surface area contributed by atoms with E-state index in [1.54, 1.807) is 14.2 Å². The number of ether oxygens (including phenoxy) is 2. The van der Waals surface area contributed by atoms with Gasteiger partial charge in [0.2, 0.25) is 11.8 Å². The van der Waals surface area contributed by atoms with Crippen molar-refractivity contribution < 1.29 is 19.1 Å². The lowest BCUT2D eigenvalue weighted by atomic mass is 10.1. The van der Waals surface area contributed by atoms with Crippen molar-refractivity contribution in [2.24, 2.45) is 0 Å². The third-order valence-electron chi connectivity index (χ3n) is 3.26. The molecule has 1 atom stereocenters. The maximum atomic E-state index is 11.7. The molecule has 0 aliphatic carbocycles. The van der Waals surface area contributed by atoms with Gasteiger partial charge in [-0.3, -0.25) is 14.9 Å². The van der Waals surface area contributed by atoms with Gasteiger partial charge in [-0.1, -0.05) is 12.1 Å². The van der Waals surface area contributed by atoms with Crippen LogP contribution in [-0.2, 0) is 16.1 Å². The van der Waals surface area contributed by atoms with E-state index in [9.17, 15) is 9.59 Å². The molecule has 1 heterocycles. The minimum Gasteiger partial charge on any atom is -0.493 e. The summed E-state index contributed by atoms with van der Waals surface area (Å²) in [5.74, 6) is 0.806. The number of carbonyl (C=O) groups is 2. The Kier molecular flexibility index (Phi) is 4.57. The highest BCUT2D eigenvalue weighted by Gasteiger charge is 2.26. The zero-order chi connectivity index (χ0) is 14.5. The molecule has 1 fully saturated rings. The second kappa shape index (κ2) is 6.38. The fourth-order valence-corrected chi connectivity index (χ4v) is 2.21. The summed E-state index contributed by atoms with van der Waals surface area (Å²) in [6, 6.07) is 5.22. The van der Waals surface area contributed by atoms with Gasteiger partial charge in [-0.2, -0.15) is 0 Å². The number of piperidine rings is 1. The zero-order valence-electron chi connectivity index (χ0n) is 11.6. The van der Waals surface area contributed by atoms with E-state index in [1.807, 2.05) is 18.2 Å². The summed E-state index contributed by atoms with van der Waals surface area (Å²) in [5.41, 5.74) is 0.900. The molecule has 0 spiro atoms. The molecule has 2 amide bonds. The Bertz CT molecular complexity index is 516. The van der Waals surface area contributed by atoms with E-state index in [4.69, 9.17) is 9.47 Å². The maximum Gasteiger partial charge on any atom is 0.243 e. The lowest BCUT2D eigenvalue weighted by molar-refractivity contribution is -0.134. The van der Waals surface area contributed by atoms with Gasteiger partial charge in [0.15, 0.2) is 11.5 Å². The number of rotatable bonds is 5. The van der Waals surface area contributed by atoms with Gasteiger partial charge in [0.25, 0.3) is 0 Å². The highest BCUT2D eigenvalue weighted by atomic mass is 16.5. The smallest absolute Gasteiger partial charge is 0.243 e. The van der Waals surface area contributed by atoms with Crippen molar-refractivity contribution in [2.45, 2.75) is 25.4 Å². The fourth-order valence-electron chi connectivity index (χ4n) is 2.21. The van der Waals surface area contributed by atoms with E-state index < -0.39 is 0 Å². The predicted molar refractivity (Wildman–Crippen MR) is 72.6 cm³/mol. The quantitative estimate of drug-likeness (QED) is 0.771. The van der Waals surface area contributed by atoms with E-state index >= 15 is 0 Å². The summed E-state index contributed by atoms with van der Waals surface area (Å²) in [4.78, 5) is 22.7. The molecule has 1 aromatic rings. The summed E-state index contributed by atoms with van der Waals surface area (Å²) in [6.45, 7) is 0.465. The molecule has 1 aliphatic rings. The molecule has 0 bridgehead atoms. The number of para-hydroxylation sites is 1. The van der Waals surface area contributed by atoms with Crippen LogP contribution in [0.25, 0.3) is 0 Å². The van der Waals surface area contributed by atoms with Gasteiger partial charge in [-0.25, -0.2) is 0 Å². The van der Waals surface area contributed by atoms with E-state index in [-0.39, 0.29) is 17.9 Å². The summed E-state index contributed by atoms with van der Waals surface area (Å²) in [6.07, 6.45) is 0.871. The van der Waals surface area contributed by atoms with Crippen molar-refractivity contribution in [3.63, 3.8) is 0 Å². The summed E-state index contributed by atoms with van der Waals surface area (Å²) in [5, 5.41) is 5.45. The summed E-state index contributed by atoms with van der Waals surface area (Å²) < 4.78 is 10.6. The van der Waals surface area contributed by atoms with E-state index in [1.165, 1.54) is 0 Å². The Morgan fingerprint density at radius 3 is 2.75 bits per heavy atom. The minimum atomic E-state index is -0.358. The molecule has 1 aromatic carbocycles. The van der Waals surface area contributed by atoms with Gasteiger partial charge in [0.05, 0.1) is 20.3 Å². The normalized spacial score (nSPS) is 18.6. The number of hydrogen-bond acceptors (Lipinski definition) is 5. The average molecular weight is 278 g/mol. The first-order chi connectivity index (χ1) is 9.65. The lowest BCUT2D eigenvalue weighted by Gasteiger charge is -2.22. The molecule has 6 nitrogen and oxygen atoms in total. The van der Waals surface area contributed by atoms with Crippen molar-refractivity contribution in [1.29, 1.82) is 0 Å². The predicted octanol–water partition coefficient (Wildman–Crippen LogP) is 0.599. The average Bonchev–Trinajstić information content (AvgIpc) is 2.45. The Labute approximate surface area is 117 Å². The van der Waals surface area contributed by atoms with Crippen LogP contribution in [0.1, 0.15) is 18.4 Å². The molecule has 1 saturated heterocycles. The molecular weight excluding hydrogens is 260 g/mol. The largest absolute Gasteiger partial charge is 0.493 e. The van der Waals surface area contributed by atoms with E-state index in [2.05, 4.69) is 10.6 Å². The van der Waals surface area contributed by atoms with Gasteiger partial charge in [-0.15, -0.1) is 0 Å². The lowest BCUT2D eigenvalue weighted by Crippen LogP contribution is -2.50. The van der Waals surface area contributed by atoms with Gasteiger partial charge in [0.1, 0.15) is 0 Å². The third kappa shape index (κ3) is 3.08. The molecule has 0 saturated carbocycles. The van der Waals surface area contributed by atoms with Crippen LogP contribution in [0.3, 0.4) is 0 Å². The third-order valence-corrected chi connectivity index (χ3v) is 3.26. The molecular formula is C14H18N2O4. The van der Waals surface area contributed by atoms with Gasteiger partial charge in [-0.05, 0) is 12.5 Å². The van der Waals surface area contributed by atoms with Crippen LogP contribution in [0.4, 0.5) is 0 Å². The highest BCUT2D eigenvalue weighted by molar-refractivity contribution is 6.00. The number of nitrogens with one attached hydrogen (secondary N) is 2. The van der Waals surface area contributed by atoms with Crippen molar-refractivity contribution >= 4 is 11.8 Å². The second-order valence-corrected chi connectivity index (χ2v) is 4.54. The highest BCUT2D eigenvalue weighted by Crippen LogP contribution is 2.30. The van der Waals surface area contributed by atoms with Crippen molar-refractivity contribution in [2.75, 3.05) is 14.2 Å². The number of benzene rings is 1. The molecule has 20 heavy (non-hydrogen) atoms. The minimum absolute atomic E-state index is 0.216. The molecule has 1 unspecified atom stereocenters. The zero-order valence-corrected chi connectivity index (χ0v) is 11.6. The Morgan fingerprint density at radius 1 is 1.30 bits per heavy atom. The number of methoxy groups -OCH3 is 2. The van der Waals surface area contributed by atoms with Crippen molar-refractivity contribution in [3.05, 3.63) is 23.8 Å². The van der Waals surface area contributed by atoms with E-state index in [0.29, 0.717) is 30.9 Å². The van der Waals surface area contributed by atoms with Crippen molar-refractivity contribution in [1.82, 2.24) is 10.6 Å². The van der Waals surface area contributed by atoms with Crippen LogP contribution in [0, 0.1) is 0 Å². The molecule has 108 valence electrons. The number of hydrogen-bond donors (Lipinski definition) is 2. The van der Waals surface area contributed by atoms with E-state index in [0.717, 1.165) is 5.56 Å². The maximum absolute atomic E-state index is 11.7. The molecule has 0 radical (unpaired) electrons. The molecule has 2 rings (SSSR count). The standard InChI is InChI=1S/C14H18N2O4/c1-19-11-5-3-4-9(13(11)20-2)8-15-10-6-7-12(17)16-14(10)18/h3-5,10,15H,6-8H2,1-2H3,(H,16,17,18). The molecule has 6 heteroatoms. The summed E-state index contributed by atoms with van der Waals surface area (Å²) >= 11 is 0. The molecule has 1 aliphatic heterocycles. The fraction of sp³-hybridized carbons (Fsp3) is 0.429. The number of imide groups is 1. The van der Waals surface area contributed by atoms with Crippen molar-refractivity contribution in [3.8, 4) is 11.5 Å². The molecule has 0 aromatic heterocycles. The van der Waals surface area contributed by atoms with Crippen LogP contribution < -0.4 is 20.1 Å². The monoisotopic (exact) mass is 278 g/mol. The first kappa shape index (κ1) is 14.3. The van der Waals surface area contributed by atoms with Gasteiger partial charge >= 0.3 is 0 Å². The first-order valence-electron chi connectivity index (χ1n) is 6.42. The first-order valence-corrected chi connectivity index (χ1v) is 6.42. The number of carbonyl (C=O) groups excluding carboxylic acids is 2. The van der Waals surface area contributed by atoms with Gasteiger partial charge in [0, 0.05) is 18.5 Å². The van der Waals surface area contributed by atoms with Crippen LogP contribution >= 0.6 is 0 Å². The molecule has 2 N–H and O–H groups in total. The van der Waals surface area contributed by atoms with Crippen LogP contribution in [0.2, 0.25) is 0 Å². The Hall–Kier alpha value is -2.08. The SMILES string of the molecule is COc1cccc(CNC2CCC(=O)NC2=O)c1OC. The van der Waals surface area contributed by atoms with Crippen LogP contribution in [0.5, 0.6) is 11.5 Å².